The highest BCUT2D eigenvalue weighted by molar-refractivity contribution is 8.15. The van der Waals surface area contributed by atoms with Gasteiger partial charge < -0.3 is 10.1 Å². The number of aliphatic imine (C=N–C) groups is 1. The van der Waals surface area contributed by atoms with Gasteiger partial charge in [-0.1, -0.05) is 49.9 Å². The van der Waals surface area contributed by atoms with Crippen molar-refractivity contribution in [2.45, 2.75) is 39.2 Å². The van der Waals surface area contributed by atoms with Gasteiger partial charge in [-0.2, -0.15) is 18.2 Å². The van der Waals surface area contributed by atoms with Gasteiger partial charge >= 0.3 is 18.6 Å². The van der Waals surface area contributed by atoms with E-state index < -0.39 is 35.6 Å². The van der Waals surface area contributed by atoms with Crippen molar-refractivity contribution >= 4 is 52.4 Å². The number of aryl methyl sites for hydroxylation is 1. The molecule has 5 rings (SSSR count). The molecule has 48 heavy (non-hydrogen) atoms. The molecule has 0 radical (unpaired) electrons. The largest absolute Gasteiger partial charge is 0.573 e. The summed E-state index contributed by atoms with van der Waals surface area (Å²) in [6.45, 7) is 5.76. The molecule has 1 fully saturated rings. The Kier molecular flexibility index (Phi) is 9.66. The summed E-state index contributed by atoms with van der Waals surface area (Å²) in [7, 11) is 0. The number of ether oxygens (including phenoxy) is 1. The van der Waals surface area contributed by atoms with E-state index in [4.69, 9.17) is 0 Å². The number of rotatable bonds is 7. The number of carbonyl (C=O) groups excluding carboxylic acids is 2. The average molecular weight is 689 g/mol. The Bertz CT molecular complexity index is 1900. The Morgan fingerprint density at radius 3 is 2.42 bits per heavy atom. The second-order valence-electron chi connectivity index (χ2n) is 10.8. The Labute approximate surface area is 274 Å². The van der Waals surface area contributed by atoms with Gasteiger partial charge in [0.1, 0.15) is 12.1 Å². The van der Waals surface area contributed by atoms with E-state index in [0.717, 1.165) is 47.2 Å². The van der Waals surface area contributed by atoms with Crippen molar-refractivity contribution < 1.29 is 40.7 Å². The number of thioether (sulfide) groups is 1. The van der Waals surface area contributed by atoms with Crippen molar-refractivity contribution in [1.82, 2.24) is 14.8 Å². The van der Waals surface area contributed by atoms with Gasteiger partial charge in [0.25, 0.3) is 0 Å². The minimum atomic E-state index is -4.85. The van der Waals surface area contributed by atoms with Crippen LogP contribution in [0.4, 0.5) is 42.5 Å². The van der Waals surface area contributed by atoms with Crippen molar-refractivity contribution in [2.75, 3.05) is 16.0 Å². The molecule has 250 valence electrons. The maximum Gasteiger partial charge on any atom is 0.573 e. The van der Waals surface area contributed by atoms with Gasteiger partial charge in [-0.25, -0.2) is 14.5 Å². The first-order valence-electron chi connectivity index (χ1n) is 14.2. The van der Waals surface area contributed by atoms with Gasteiger partial charge in [0.15, 0.2) is 11.0 Å². The van der Waals surface area contributed by atoms with Gasteiger partial charge in [-0.05, 0) is 78.1 Å². The van der Waals surface area contributed by atoms with Crippen molar-refractivity contribution in [3.8, 4) is 11.4 Å². The van der Waals surface area contributed by atoms with E-state index in [2.05, 4.69) is 25.1 Å². The van der Waals surface area contributed by atoms with Crippen molar-refractivity contribution in [3.05, 3.63) is 95.1 Å². The van der Waals surface area contributed by atoms with Crippen LogP contribution in [0.2, 0.25) is 0 Å². The molecule has 0 saturated carbocycles. The predicted octanol–water partition coefficient (Wildman–Crippen LogP) is 8.45. The van der Waals surface area contributed by atoms with E-state index in [9.17, 15) is 35.9 Å². The molecule has 16 heteroatoms. The Hall–Kier alpha value is -5.12. The number of carbonyl (C=O) groups is 2. The third kappa shape index (κ3) is 8.23. The average Bonchev–Trinajstić information content (AvgIpc) is 3.61. The molecule has 0 spiro atoms. The summed E-state index contributed by atoms with van der Waals surface area (Å²) in [6.07, 6.45) is -5.74. The first-order valence-corrected chi connectivity index (χ1v) is 15.2. The Balaban J connectivity index is 1.33. The molecule has 0 aliphatic carbocycles. The molecular formula is C32H26F6N6O3S. The van der Waals surface area contributed by atoms with Crippen LogP contribution in [-0.4, -0.2) is 44.0 Å². The van der Waals surface area contributed by atoms with Gasteiger partial charge in [0.2, 0.25) is 5.91 Å². The highest BCUT2D eigenvalue weighted by Gasteiger charge is 2.35. The molecule has 4 aromatic rings. The summed E-state index contributed by atoms with van der Waals surface area (Å²) in [5.74, 6) is -0.558. The summed E-state index contributed by atoms with van der Waals surface area (Å²) in [5, 5.41) is 6.41. The predicted molar refractivity (Wildman–Crippen MR) is 170 cm³/mol. The lowest BCUT2D eigenvalue weighted by Gasteiger charge is -2.22. The number of hydrogen-bond donors (Lipinski definition) is 1. The standard InChI is InChI=1S/C32H26F6N6O3S/c1-18(2)23-11-4-19(3)14-26(23)44-28(45)16-48-30(44)41-29(46)40-25-12-5-20(15-24(25)31(33,34)35)6-13-27-39-17-43(42-27)21-7-9-22(10-8-21)47-32(36,37)38/h4-15,17-18H,16H2,1-3H3,(H,40,46)/b13-6+,41-30-. The summed E-state index contributed by atoms with van der Waals surface area (Å²) in [4.78, 5) is 35.0. The smallest absolute Gasteiger partial charge is 0.406 e. The lowest BCUT2D eigenvalue weighted by molar-refractivity contribution is -0.274. The second kappa shape index (κ2) is 13.5. The van der Waals surface area contributed by atoms with Crippen molar-refractivity contribution in [2.24, 2.45) is 4.99 Å². The lowest BCUT2D eigenvalue weighted by atomic mass is 9.99. The van der Waals surface area contributed by atoms with E-state index in [1.54, 1.807) is 6.07 Å². The molecule has 0 unspecified atom stereocenters. The lowest BCUT2D eigenvalue weighted by Crippen LogP contribution is -2.31. The van der Waals surface area contributed by atoms with E-state index in [1.807, 2.05) is 32.9 Å². The van der Waals surface area contributed by atoms with E-state index in [1.165, 1.54) is 46.3 Å². The number of anilines is 2. The number of amidine groups is 1. The highest BCUT2D eigenvalue weighted by Crippen LogP contribution is 2.37. The fraction of sp³-hybridized carbons (Fsp3) is 0.219. The molecule has 2 heterocycles. The maximum absolute atomic E-state index is 14.1. The molecule has 1 N–H and O–H groups in total. The molecule has 0 atom stereocenters. The molecule has 1 aliphatic heterocycles. The van der Waals surface area contributed by atoms with E-state index >= 15 is 0 Å². The van der Waals surface area contributed by atoms with Gasteiger partial charge in [0.05, 0.1) is 28.4 Å². The summed E-state index contributed by atoms with van der Waals surface area (Å²) >= 11 is 1.01. The first-order chi connectivity index (χ1) is 22.6. The van der Waals surface area contributed by atoms with Gasteiger partial charge in [-0.15, -0.1) is 18.3 Å². The fourth-order valence-corrected chi connectivity index (χ4v) is 5.56. The maximum atomic E-state index is 14.1. The minimum absolute atomic E-state index is 0.0166. The zero-order valence-electron chi connectivity index (χ0n) is 25.4. The zero-order valence-corrected chi connectivity index (χ0v) is 26.2. The SMILES string of the molecule is Cc1ccc(C(C)C)c(N2C(=O)CS/C2=N\C(=O)Nc2ccc(/C=C/c3ncn(-c4ccc(OC(F)(F)F)cc4)n3)cc2C(F)(F)F)c1. The third-order valence-electron chi connectivity index (χ3n) is 6.87. The van der Waals surface area contributed by atoms with Crippen LogP contribution in [0.1, 0.15) is 47.8 Å². The number of nitrogens with zero attached hydrogens (tertiary/aromatic N) is 5. The van der Waals surface area contributed by atoms with Crippen LogP contribution in [0.15, 0.2) is 72.0 Å². The van der Waals surface area contributed by atoms with Crippen LogP contribution in [0, 0.1) is 6.92 Å². The molecule has 1 aliphatic rings. The van der Waals surface area contributed by atoms with Crippen LogP contribution in [-0.2, 0) is 11.0 Å². The summed E-state index contributed by atoms with van der Waals surface area (Å²) < 4.78 is 84.5. The van der Waals surface area contributed by atoms with Crippen LogP contribution >= 0.6 is 11.8 Å². The normalized spacial score (nSPS) is 14.8. The van der Waals surface area contributed by atoms with Gasteiger partial charge in [-0.3, -0.25) is 9.69 Å². The van der Waals surface area contributed by atoms with E-state index in [-0.39, 0.29) is 34.1 Å². The Morgan fingerprint density at radius 1 is 1.02 bits per heavy atom. The number of nitrogens with one attached hydrogen (secondary N) is 1. The fourth-order valence-electron chi connectivity index (χ4n) is 4.70. The molecule has 9 nitrogen and oxygen atoms in total. The minimum Gasteiger partial charge on any atom is -0.406 e. The number of hydrogen-bond acceptors (Lipinski definition) is 6. The summed E-state index contributed by atoms with van der Waals surface area (Å²) in [5.41, 5.74) is 1.10. The topological polar surface area (TPSA) is 102 Å². The molecule has 0 bridgehead atoms. The monoisotopic (exact) mass is 688 g/mol. The van der Waals surface area contributed by atoms with Gasteiger partial charge in [0, 0.05) is 0 Å². The molecular weight excluding hydrogens is 662 g/mol. The van der Waals surface area contributed by atoms with Crippen LogP contribution in [0.25, 0.3) is 17.8 Å². The highest BCUT2D eigenvalue weighted by atomic mass is 32.2. The van der Waals surface area contributed by atoms with Crippen LogP contribution in [0.5, 0.6) is 5.75 Å². The van der Waals surface area contributed by atoms with Crippen LogP contribution < -0.4 is 15.0 Å². The molecule has 1 saturated heterocycles. The number of benzene rings is 3. The first kappa shape index (κ1) is 34.2. The number of urea groups is 1. The molecule has 1 aromatic heterocycles. The quantitative estimate of drug-likeness (QED) is 0.196. The zero-order chi connectivity index (χ0) is 34.8. The van der Waals surface area contributed by atoms with E-state index in [0.29, 0.717) is 11.4 Å². The molecule has 3 amide bonds. The third-order valence-corrected chi connectivity index (χ3v) is 7.79. The number of amides is 3. The number of aromatic nitrogens is 3. The summed E-state index contributed by atoms with van der Waals surface area (Å²) in [6, 6.07) is 12.6. The second-order valence-corrected chi connectivity index (χ2v) is 11.7. The Morgan fingerprint density at radius 2 is 1.75 bits per heavy atom. The van der Waals surface area contributed by atoms with Crippen molar-refractivity contribution in [1.29, 1.82) is 0 Å². The number of alkyl halides is 6. The number of halogens is 6. The van der Waals surface area contributed by atoms with Crippen LogP contribution in [0.3, 0.4) is 0 Å². The van der Waals surface area contributed by atoms with Crippen molar-refractivity contribution in [3.63, 3.8) is 0 Å². The molecule has 3 aromatic carbocycles.